The highest BCUT2D eigenvalue weighted by atomic mass is 19.4. The molecule has 0 aliphatic carbocycles. The highest BCUT2D eigenvalue weighted by Crippen LogP contribution is 2.30. The molecule has 0 fully saturated rings. The number of aliphatic hydroxyl groups is 1. The van der Waals surface area contributed by atoms with Crippen LogP contribution in [0.4, 0.5) is 13.2 Å². The van der Waals surface area contributed by atoms with E-state index >= 15 is 0 Å². The van der Waals surface area contributed by atoms with Crippen LogP contribution in [0.1, 0.15) is 23.7 Å². The number of hydrogen-bond acceptors (Lipinski definition) is 8. The number of amides is 1. The van der Waals surface area contributed by atoms with E-state index in [0.717, 1.165) is 33.5 Å². The minimum Gasteiger partial charge on any atom is -0.469 e. The number of aliphatic hydroxyl groups excluding tert-OH is 1. The number of benzene rings is 1. The van der Waals surface area contributed by atoms with Crippen LogP contribution in [0, 0.1) is 5.92 Å². The Balaban J connectivity index is 3.10. The number of carbonyl (C=O) groups is 4. The summed E-state index contributed by atoms with van der Waals surface area (Å²) in [5.41, 5.74) is -1.19. The number of halogens is 3. The van der Waals surface area contributed by atoms with E-state index in [1.165, 1.54) is 0 Å². The molecule has 0 spiro atoms. The second kappa shape index (κ2) is 10.6. The van der Waals surface area contributed by atoms with Crippen LogP contribution >= 0.6 is 0 Å². The standard InChI is InChI=1S/C18H20F3NO8/c1-28-12(23)8-11(16(26)29-2)13(17(27)30-3)22-15(25)14(24)9-4-6-10(7-5-9)18(19,20)21/h4-7,11,13-14,24H,8H2,1-3H3,(H,22,25)/t11-,13+,14+/m0/s1. The molecular weight excluding hydrogens is 415 g/mol. The summed E-state index contributed by atoms with van der Waals surface area (Å²) in [4.78, 5) is 48.1. The molecule has 1 rings (SSSR count). The van der Waals surface area contributed by atoms with Crippen LogP contribution in [0.3, 0.4) is 0 Å². The number of nitrogens with one attached hydrogen (secondary N) is 1. The summed E-state index contributed by atoms with van der Waals surface area (Å²) in [5, 5.41) is 12.2. The molecule has 0 heterocycles. The summed E-state index contributed by atoms with van der Waals surface area (Å²) in [6.07, 6.45) is -7.24. The molecule has 166 valence electrons. The van der Waals surface area contributed by atoms with Crippen molar-refractivity contribution in [3.05, 3.63) is 35.4 Å². The lowest BCUT2D eigenvalue weighted by molar-refractivity contribution is -0.159. The number of methoxy groups -OCH3 is 3. The summed E-state index contributed by atoms with van der Waals surface area (Å²) in [5.74, 6) is -5.82. The maximum absolute atomic E-state index is 12.6. The summed E-state index contributed by atoms with van der Waals surface area (Å²) in [6, 6.07) is 1.35. The second-order valence-corrected chi connectivity index (χ2v) is 5.94. The van der Waals surface area contributed by atoms with Crippen molar-refractivity contribution < 1.29 is 51.7 Å². The Morgan fingerprint density at radius 3 is 1.93 bits per heavy atom. The molecule has 0 saturated heterocycles. The van der Waals surface area contributed by atoms with Gasteiger partial charge in [-0.3, -0.25) is 14.4 Å². The number of alkyl halides is 3. The molecule has 0 saturated carbocycles. The number of hydrogen-bond donors (Lipinski definition) is 2. The molecule has 30 heavy (non-hydrogen) atoms. The maximum Gasteiger partial charge on any atom is 0.416 e. The van der Waals surface area contributed by atoms with E-state index in [1.54, 1.807) is 0 Å². The molecule has 12 heteroatoms. The summed E-state index contributed by atoms with van der Waals surface area (Å²) in [7, 11) is 2.98. The Labute approximate surface area is 169 Å². The second-order valence-electron chi connectivity index (χ2n) is 5.94. The van der Waals surface area contributed by atoms with Gasteiger partial charge in [-0.1, -0.05) is 12.1 Å². The molecule has 3 atom stereocenters. The van der Waals surface area contributed by atoms with E-state index in [-0.39, 0.29) is 5.56 Å². The lowest BCUT2D eigenvalue weighted by atomic mass is 9.95. The maximum atomic E-state index is 12.6. The first-order chi connectivity index (χ1) is 14.0. The third-order valence-corrected chi connectivity index (χ3v) is 4.08. The van der Waals surface area contributed by atoms with E-state index in [9.17, 15) is 37.5 Å². The minimum absolute atomic E-state index is 0.202. The van der Waals surface area contributed by atoms with Crippen LogP contribution < -0.4 is 5.32 Å². The topological polar surface area (TPSA) is 128 Å². The molecular formula is C18H20F3NO8. The Hall–Kier alpha value is -3.15. The number of esters is 3. The Bertz CT molecular complexity index is 779. The van der Waals surface area contributed by atoms with Crippen molar-refractivity contribution >= 4 is 23.8 Å². The summed E-state index contributed by atoms with van der Waals surface area (Å²) >= 11 is 0. The molecule has 0 unspecified atom stereocenters. The summed E-state index contributed by atoms with van der Waals surface area (Å²) < 4.78 is 51.4. The van der Waals surface area contributed by atoms with Gasteiger partial charge >= 0.3 is 24.1 Å². The Morgan fingerprint density at radius 2 is 1.50 bits per heavy atom. The summed E-state index contributed by atoms with van der Waals surface area (Å²) in [6.45, 7) is 0. The van der Waals surface area contributed by atoms with Crippen molar-refractivity contribution in [2.24, 2.45) is 5.92 Å². The molecule has 1 aromatic carbocycles. The van der Waals surface area contributed by atoms with Crippen molar-refractivity contribution in [3.63, 3.8) is 0 Å². The van der Waals surface area contributed by atoms with Crippen LogP contribution in [-0.4, -0.2) is 56.3 Å². The monoisotopic (exact) mass is 435 g/mol. The fraction of sp³-hybridized carbons (Fsp3) is 0.444. The van der Waals surface area contributed by atoms with Crippen molar-refractivity contribution in [3.8, 4) is 0 Å². The molecule has 0 aliphatic heterocycles. The zero-order valence-electron chi connectivity index (χ0n) is 16.2. The van der Waals surface area contributed by atoms with Gasteiger partial charge in [0, 0.05) is 0 Å². The van der Waals surface area contributed by atoms with Crippen molar-refractivity contribution in [2.45, 2.75) is 24.7 Å². The van der Waals surface area contributed by atoms with Gasteiger partial charge in [-0.2, -0.15) is 13.2 Å². The van der Waals surface area contributed by atoms with Crippen LogP contribution in [0.2, 0.25) is 0 Å². The SMILES string of the molecule is COC(=O)C[C@H](C(=O)OC)[C@@H](NC(=O)[C@H](O)c1ccc(C(F)(F)F)cc1)C(=O)OC. The first-order valence-corrected chi connectivity index (χ1v) is 8.34. The average molecular weight is 435 g/mol. The van der Waals surface area contributed by atoms with Crippen molar-refractivity contribution in [1.29, 1.82) is 0 Å². The van der Waals surface area contributed by atoms with Gasteiger partial charge in [-0.05, 0) is 17.7 Å². The zero-order chi connectivity index (χ0) is 23.1. The number of carbonyl (C=O) groups excluding carboxylic acids is 4. The van der Waals surface area contributed by atoms with Crippen LogP contribution in [0.15, 0.2) is 24.3 Å². The third-order valence-electron chi connectivity index (χ3n) is 4.08. The molecule has 0 aliphatic rings. The predicted molar refractivity (Wildman–Crippen MR) is 92.5 cm³/mol. The van der Waals surface area contributed by atoms with Gasteiger partial charge in [0.2, 0.25) is 0 Å². The highest BCUT2D eigenvalue weighted by Gasteiger charge is 2.39. The van der Waals surface area contributed by atoms with E-state index in [4.69, 9.17) is 0 Å². The largest absolute Gasteiger partial charge is 0.469 e. The van der Waals surface area contributed by atoms with E-state index in [2.05, 4.69) is 19.5 Å². The molecule has 1 aromatic rings. The zero-order valence-corrected chi connectivity index (χ0v) is 16.2. The van der Waals surface area contributed by atoms with Gasteiger partial charge in [0.15, 0.2) is 6.10 Å². The Kier molecular flexibility index (Phi) is 8.77. The van der Waals surface area contributed by atoms with Gasteiger partial charge in [-0.25, -0.2) is 4.79 Å². The van der Waals surface area contributed by atoms with E-state index in [0.29, 0.717) is 12.1 Å². The van der Waals surface area contributed by atoms with Gasteiger partial charge in [0.25, 0.3) is 5.91 Å². The predicted octanol–water partition coefficient (Wildman–Crippen LogP) is 0.749. The first-order valence-electron chi connectivity index (χ1n) is 8.34. The minimum atomic E-state index is -4.61. The highest BCUT2D eigenvalue weighted by molar-refractivity contribution is 5.92. The van der Waals surface area contributed by atoms with Crippen LogP contribution in [-0.2, 0) is 39.6 Å². The number of rotatable bonds is 8. The fourth-order valence-corrected chi connectivity index (χ4v) is 2.44. The van der Waals surface area contributed by atoms with Crippen LogP contribution in [0.25, 0.3) is 0 Å². The van der Waals surface area contributed by atoms with Crippen LogP contribution in [0.5, 0.6) is 0 Å². The van der Waals surface area contributed by atoms with Crippen molar-refractivity contribution in [1.82, 2.24) is 5.32 Å². The normalized spacial score (nSPS) is 14.1. The van der Waals surface area contributed by atoms with Crippen molar-refractivity contribution in [2.75, 3.05) is 21.3 Å². The Morgan fingerprint density at radius 1 is 0.967 bits per heavy atom. The molecule has 0 aromatic heterocycles. The molecule has 9 nitrogen and oxygen atoms in total. The van der Waals surface area contributed by atoms with Gasteiger partial charge in [-0.15, -0.1) is 0 Å². The van der Waals surface area contributed by atoms with Gasteiger partial charge in [0.05, 0.1) is 39.2 Å². The van der Waals surface area contributed by atoms with Gasteiger partial charge in [0.1, 0.15) is 6.04 Å². The lowest BCUT2D eigenvalue weighted by Gasteiger charge is -2.24. The molecule has 1 amide bonds. The molecule has 0 bridgehead atoms. The van der Waals surface area contributed by atoms with Gasteiger partial charge < -0.3 is 24.6 Å². The lowest BCUT2D eigenvalue weighted by Crippen LogP contribution is -2.51. The van der Waals surface area contributed by atoms with E-state index < -0.39 is 60.0 Å². The van der Waals surface area contributed by atoms with E-state index in [1.807, 2.05) is 0 Å². The smallest absolute Gasteiger partial charge is 0.416 e. The fourth-order valence-electron chi connectivity index (χ4n) is 2.44. The first kappa shape index (κ1) is 24.9. The molecule has 0 radical (unpaired) electrons. The third kappa shape index (κ3) is 6.44. The average Bonchev–Trinajstić information content (AvgIpc) is 2.73. The number of ether oxygens (including phenoxy) is 3. The quantitative estimate of drug-likeness (QED) is 0.452. The molecule has 2 N–H and O–H groups in total.